The minimum absolute atomic E-state index is 0.0830. The molecule has 0 unspecified atom stereocenters. The molecule has 0 bridgehead atoms. The fraction of sp³-hybridized carbons (Fsp3) is 0.231. The molecule has 0 radical (unpaired) electrons. The van der Waals surface area contributed by atoms with Crippen molar-refractivity contribution in [3.8, 4) is 5.75 Å². The number of rotatable bonds is 5. The summed E-state index contributed by atoms with van der Waals surface area (Å²) in [6.07, 6.45) is 4.44. The normalized spacial score (nSPS) is 10.4. The number of nitrogens with two attached hydrogens (primary N) is 1. The van der Waals surface area contributed by atoms with Gasteiger partial charge < -0.3 is 15.6 Å². The number of hydrogen-bond donors (Lipinski definition) is 2. The van der Waals surface area contributed by atoms with Gasteiger partial charge in [0.25, 0.3) is 0 Å². The molecule has 2 rings (SSSR count). The molecule has 2 aromatic rings. The number of carbonyl (C=O) groups is 1. The molecule has 3 N–H and O–H groups in total. The van der Waals surface area contributed by atoms with Gasteiger partial charge in [-0.15, -0.1) is 0 Å². The average molecular weight is 261 g/mol. The van der Waals surface area contributed by atoms with Gasteiger partial charge in [0.2, 0.25) is 0 Å². The lowest BCUT2D eigenvalue weighted by molar-refractivity contribution is 0.0698. The number of aromatic carboxylic acids is 1. The fourth-order valence-electron chi connectivity index (χ4n) is 1.71. The Labute approximate surface area is 110 Å². The minimum atomic E-state index is -1.04. The molecule has 1 heterocycles. The Morgan fingerprint density at radius 2 is 2.32 bits per heavy atom. The topological polar surface area (TPSA) is 90.4 Å². The Balaban J connectivity index is 1.93. The molecule has 1 aromatic carbocycles. The van der Waals surface area contributed by atoms with Gasteiger partial charge in [-0.3, -0.25) is 4.68 Å². The molecular weight excluding hydrogens is 246 g/mol. The summed E-state index contributed by atoms with van der Waals surface area (Å²) >= 11 is 0. The van der Waals surface area contributed by atoms with Gasteiger partial charge in [0.1, 0.15) is 5.75 Å². The molecule has 0 spiro atoms. The number of nitrogens with zero attached hydrogens (tertiary/aromatic N) is 2. The Bertz CT molecular complexity index is 593. The van der Waals surface area contributed by atoms with E-state index in [0.29, 0.717) is 12.4 Å². The van der Waals surface area contributed by atoms with Gasteiger partial charge in [0.05, 0.1) is 18.4 Å². The molecule has 0 aliphatic heterocycles. The van der Waals surface area contributed by atoms with Crippen molar-refractivity contribution in [2.24, 2.45) is 7.05 Å². The predicted octanol–water partition coefficient (Wildman–Crippen LogP) is 1.32. The van der Waals surface area contributed by atoms with Crippen LogP contribution in [0.2, 0.25) is 0 Å². The number of nitrogen functional groups attached to an aromatic ring is 1. The summed E-state index contributed by atoms with van der Waals surface area (Å²) in [5.74, 6) is -0.481. The maximum absolute atomic E-state index is 10.8. The van der Waals surface area contributed by atoms with Gasteiger partial charge in [-0.1, -0.05) is 0 Å². The number of aromatic nitrogens is 2. The first-order valence-electron chi connectivity index (χ1n) is 5.79. The second-order valence-electron chi connectivity index (χ2n) is 4.17. The molecule has 0 aliphatic rings. The Morgan fingerprint density at radius 3 is 2.89 bits per heavy atom. The summed E-state index contributed by atoms with van der Waals surface area (Å²) in [4.78, 5) is 10.8. The Morgan fingerprint density at radius 1 is 1.53 bits per heavy atom. The number of benzene rings is 1. The lowest BCUT2D eigenvalue weighted by Crippen LogP contribution is -2.04. The van der Waals surface area contributed by atoms with E-state index in [2.05, 4.69) is 5.10 Å². The number of hydrogen-bond acceptors (Lipinski definition) is 4. The molecular formula is C13H15N3O3. The zero-order valence-corrected chi connectivity index (χ0v) is 10.5. The molecule has 100 valence electrons. The lowest BCUT2D eigenvalue weighted by Gasteiger charge is -2.07. The van der Waals surface area contributed by atoms with Crippen molar-refractivity contribution in [3.05, 3.63) is 41.7 Å². The van der Waals surface area contributed by atoms with E-state index in [1.807, 2.05) is 13.2 Å². The number of anilines is 1. The predicted molar refractivity (Wildman–Crippen MR) is 70.2 cm³/mol. The quantitative estimate of drug-likeness (QED) is 0.792. The van der Waals surface area contributed by atoms with Gasteiger partial charge in [0.15, 0.2) is 0 Å². The molecule has 0 aliphatic carbocycles. The van der Waals surface area contributed by atoms with Crippen LogP contribution >= 0.6 is 0 Å². The third kappa shape index (κ3) is 3.25. The average Bonchev–Trinajstić information content (AvgIpc) is 2.75. The van der Waals surface area contributed by atoms with Crippen molar-refractivity contribution in [3.63, 3.8) is 0 Å². The van der Waals surface area contributed by atoms with E-state index in [1.54, 1.807) is 16.9 Å². The monoisotopic (exact) mass is 261 g/mol. The van der Waals surface area contributed by atoms with Gasteiger partial charge >= 0.3 is 5.97 Å². The van der Waals surface area contributed by atoms with Crippen LogP contribution in [0.1, 0.15) is 15.9 Å². The van der Waals surface area contributed by atoms with Crippen LogP contribution in [0.4, 0.5) is 5.69 Å². The number of carboxylic acid groups (broad SMARTS) is 1. The van der Waals surface area contributed by atoms with Crippen molar-refractivity contribution in [1.29, 1.82) is 0 Å². The van der Waals surface area contributed by atoms with Crippen molar-refractivity contribution < 1.29 is 14.6 Å². The van der Waals surface area contributed by atoms with E-state index < -0.39 is 5.97 Å². The first-order valence-corrected chi connectivity index (χ1v) is 5.79. The van der Waals surface area contributed by atoms with Crippen LogP contribution in [0.5, 0.6) is 5.75 Å². The minimum Gasteiger partial charge on any atom is -0.493 e. The van der Waals surface area contributed by atoms with Gasteiger partial charge in [-0.05, 0) is 17.7 Å². The lowest BCUT2D eigenvalue weighted by atomic mass is 10.2. The van der Waals surface area contributed by atoms with Crippen molar-refractivity contribution in [1.82, 2.24) is 9.78 Å². The first kappa shape index (κ1) is 12.9. The van der Waals surface area contributed by atoms with E-state index >= 15 is 0 Å². The van der Waals surface area contributed by atoms with Crippen LogP contribution in [0, 0.1) is 0 Å². The number of aryl methyl sites for hydroxylation is 1. The second-order valence-corrected chi connectivity index (χ2v) is 4.17. The van der Waals surface area contributed by atoms with Gasteiger partial charge in [-0.25, -0.2) is 4.79 Å². The number of carboxylic acids is 1. The van der Waals surface area contributed by atoms with Crippen LogP contribution in [0.25, 0.3) is 0 Å². The smallest absolute Gasteiger partial charge is 0.337 e. The summed E-state index contributed by atoms with van der Waals surface area (Å²) < 4.78 is 7.26. The van der Waals surface area contributed by atoms with Crippen LogP contribution in [0.15, 0.2) is 30.6 Å². The van der Waals surface area contributed by atoms with E-state index in [9.17, 15) is 4.79 Å². The fourth-order valence-corrected chi connectivity index (χ4v) is 1.71. The summed E-state index contributed by atoms with van der Waals surface area (Å²) in [6, 6.07) is 4.56. The summed E-state index contributed by atoms with van der Waals surface area (Å²) in [5.41, 5.74) is 7.00. The highest BCUT2D eigenvalue weighted by atomic mass is 16.5. The first-order chi connectivity index (χ1) is 9.06. The third-order valence-corrected chi connectivity index (χ3v) is 2.67. The molecule has 1 aromatic heterocycles. The zero-order valence-electron chi connectivity index (χ0n) is 10.5. The third-order valence-electron chi connectivity index (χ3n) is 2.67. The molecule has 6 heteroatoms. The number of ether oxygens (including phenoxy) is 1. The molecule has 0 fully saturated rings. The maximum atomic E-state index is 10.8. The highest BCUT2D eigenvalue weighted by molar-refractivity contribution is 5.93. The van der Waals surface area contributed by atoms with E-state index in [-0.39, 0.29) is 11.3 Å². The van der Waals surface area contributed by atoms with Crippen LogP contribution in [0.3, 0.4) is 0 Å². The van der Waals surface area contributed by atoms with Crippen LogP contribution in [-0.4, -0.2) is 27.5 Å². The highest BCUT2D eigenvalue weighted by Crippen LogP contribution is 2.20. The molecule has 19 heavy (non-hydrogen) atoms. The van der Waals surface area contributed by atoms with E-state index in [1.165, 1.54) is 12.1 Å². The van der Waals surface area contributed by atoms with Crippen LogP contribution < -0.4 is 10.5 Å². The standard InChI is InChI=1S/C13H15N3O3/c1-16-8-9(7-15-16)4-5-19-10-2-3-11(13(17)18)12(14)6-10/h2-3,6-8H,4-5,14H2,1H3,(H,17,18). The molecule has 6 nitrogen and oxygen atoms in total. The van der Waals surface area contributed by atoms with Gasteiger partial charge in [-0.2, -0.15) is 5.10 Å². The zero-order chi connectivity index (χ0) is 13.8. The molecule has 0 saturated heterocycles. The maximum Gasteiger partial charge on any atom is 0.337 e. The Hall–Kier alpha value is -2.50. The summed E-state index contributed by atoms with van der Waals surface area (Å²) in [7, 11) is 1.86. The summed E-state index contributed by atoms with van der Waals surface area (Å²) in [5, 5.41) is 12.9. The molecule has 0 saturated carbocycles. The molecule has 0 atom stereocenters. The van der Waals surface area contributed by atoms with Crippen molar-refractivity contribution >= 4 is 11.7 Å². The van der Waals surface area contributed by atoms with Crippen molar-refractivity contribution in [2.75, 3.05) is 12.3 Å². The Kier molecular flexibility index (Phi) is 3.70. The van der Waals surface area contributed by atoms with Gasteiger partial charge in [0, 0.05) is 31.4 Å². The SMILES string of the molecule is Cn1cc(CCOc2ccc(C(=O)O)c(N)c2)cn1. The van der Waals surface area contributed by atoms with Crippen LogP contribution in [-0.2, 0) is 13.5 Å². The largest absolute Gasteiger partial charge is 0.493 e. The van der Waals surface area contributed by atoms with Crippen molar-refractivity contribution in [2.45, 2.75) is 6.42 Å². The highest BCUT2D eigenvalue weighted by Gasteiger charge is 2.08. The second kappa shape index (κ2) is 5.43. The molecule has 0 amide bonds. The van der Waals surface area contributed by atoms with E-state index in [0.717, 1.165) is 12.0 Å². The van der Waals surface area contributed by atoms with E-state index in [4.69, 9.17) is 15.6 Å². The summed E-state index contributed by atoms with van der Waals surface area (Å²) in [6.45, 7) is 0.484.